The number of pyridine rings is 1. The SMILES string of the molecule is Oc1cc2ccccc2cc1Oc1ncc(Cl)cc1Cl. The Labute approximate surface area is 125 Å². The Morgan fingerprint density at radius 2 is 1.70 bits per heavy atom. The second kappa shape index (κ2) is 5.19. The third-order valence-electron chi connectivity index (χ3n) is 2.81. The molecule has 0 aliphatic rings. The van der Waals surface area contributed by atoms with Crippen molar-refractivity contribution in [1.29, 1.82) is 0 Å². The molecule has 1 N–H and O–H groups in total. The van der Waals surface area contributed by atoms with Gasteiger partial charge in [0.1, 0.15) is 5.02 Å². The van der Waals surface area contributed by atoms with Crippen LogP contribution in [0.25, 0.3) is 10.8 Å². The van der Waals surface area contributed by atoms with Crippen molar-refractivity contribution in [2.24, 2.45) is 0 Å². The molecule has 3 rings (SSSR count). The summed E-state index contributed by atoms with van der Waals surface area (Å²) >= 11 is 11.8. The molecular weight excluding hydrogens is 297 g/mol. The molecule has 0 fully saturated rings. The molecule has 0 unspecified atom stereocenters. The molecule has 1 aromatic heterocycles. The van der Waals surface area contributed by atoms with E-state index in [0.29, 0.717) is 10.8 Å². The van der Waals surface area contributed by atoms with Gasteiger partial charge in [0.25, 0.3) is 0 Å². The Balaban J connectivity index is 2.03. The van der Waals surface area contributed by atoms with Crippen LogP contribution in [0.2, 0.25) is 10.0 Å². The zero-order chi connectivity index (χ0) is 14.1. The van der Waals surface area contributed by atoms with Gasteiger partial charge in [-0.25, -0.2) is 4.98 Å². The van der Waals surface area contributed by atoms with E-state index in [4.69, 9.17) is 27.9 Å². The number of aromatic nitrogens is 1. The molecule has 0 radical (unpaired) electrons. The molecule has 0 saturated heterocycles. The van der Waals surface area contributed by atoms with Gasteiger partial charge in [0.15, 0.2) is 11.5 Å². The van der Waals surface area contributed by atoms with Crippen LogP contribution in [0.5, 0.6) is 17.4 Å². The van der Waals surface area contributed by atoms with Crippen LogP contribution in [-0.2, 0) is 0 Å². The minimum Gasteiger partial charge on any atom is -0.504 e. The summed E-state index contributed by atoms with van der Waals surface area (Å²) in [4.78, 5) is 4.00. The number of hydrogen-bond donors (Lipinski definition) is 1. The van der Waals surface area contributed by atoms with E-state index in [9.17, 15) is 5.11 Å². The predicted molar refractivity (Wildman–Crippen MR) is 79.9 cm³/mol. The average molecular weight is 306 g/mol. The minimum absolute atomic E-state index is 0.0246. The summed E-state index contributed by atoms with van der Waals surface area (Å²) in [6.07, 6.45) is 1.43. The number of nitrogens with zero attached hydrogens (tertiary/aromatic N) is 1. The highest BCUT2D eigenvalue weighted by Gasteiger charge is 2.10. The van der Waals surface area contributed by atoms with E-state index < -0.39 is 0 Å². The molecule has 3 nitrogen and oxygen atoms in total. The van der Waals surface area contributed by atoms with E-state index in [2.05, 4.69) is 4.98 Å². The molecule has 5 heteroatoms. The van der Waals surface area contributed by atoms with E-state index in [1.807, 2.05) is 24.3 Å². The lowest BCUT2D eigenvalue weighted by molar-refractivity contribution is 0.404. The molecular formula is C15H9Cl2NO2. The van der Waals surface area contributed by atoms with E-state index in [-0.39, 0.29) is 16.7 Å². The van der Waals surface area contributed by atoms with Crippen LogP contribution in [0.3, 0.4) is 0 Å². The molecule has 2 aromatic carbocycles. The monoisotopic (exact) mass is 305 g/mol. The normalized spacial score (nSPS) is 10.7. The first kappa shape index (κ1) is 13.0. The highest BCUT2D eigenvalue weighted by atomic mass is 35.5. The number of aromatic hydroxyl groups is 1. The van der Waals surface area contributed by atoms with E-state index in [1.54, 1.807) is 12.1 Å². The Morgan fingerprint density at radius 1 is 1.00 bits per heavy atom. The second-order valence-electron chi connectivity index (χ2n) is 4.21. The standard InChI is InChI=1S/C15H9Cl2NO2/c16-11-7-12(17)15(18-8-11)20-14-6-10-4-2-1-3-9(10)5-13(14)19/h1-8,19H. The predicted octanol–water partition coefficient (Wildman–Crippen LogP) is 5.04. The molecule has 1 heterocycles. The van der Waals surface area contributed by atoms with E-state index >= 15 is 0 Å². The highest BCUT2D eigenvalue weighted by Crippen LogP contribution is 2.36. The zero-order valence-corrected chi connectivity index (χ0v) is 11.7. The molecule has 0 amide bonds. The van der Waals surface area contributed by atoms with Crippen molar-refractivity contribution in [2.45, 2.75) is 0 Å². The number of phenolic OH excluding ortho intramolecular Hbond substituents is 1. The number of hydrogen-bond acceptors (Lipinski definition) is 3. The van der Waals surface area contributed by atoms with Crippen LogP contribution in [0.15, 0.2) is 48.7 Å². The zero-order valence-electron chi connectivity index (χ0n) is 10.2. The molecule has 3 aromatic rings. The summed E-state index contributed by atoms with van der Waals surface area (Å²) in [6.45, 7) is 0. The summed E-state index contributed by atoms with van der Waals surface area (Å²) in [7, 11) is 0. The summed E-state index contributed by atoms with van der Waals surface area (Å²) < 4.78 is 5.55. The van der Waals surface area contributed by atoms with Gasteiger partial charge in [-0.2, -0.15) is 0 Å². The number of fused-ring (bicyclic) bond motifs is 1. The van der Waals surface area contributed by atoms with Crippen LogP contribution in [0, 0.1) is 0 Å². The minimum atomic E-state index is 0.0246. The van der Waals surface area contributed by atoms with Crippen molar-refractivity contribution in [3.05, 3.63) is 58.7 Å². The van der Waals surface area contributed by atoms with Crippen molar-refractivity contribution >= 4 is 34.0 Å². The average Bonchev–Trinajstić information content (AvgIpc) is 2.42. The fourth-order valence-corrected chi connectivity index (χ4v) is 2.29. The van der Waals surface area contributed by atoms with Gasteiger partial charge in [-0.15, -0.1) is 0 Å². The van der Waals surface area contributed by atoms with E-state index in [1.165, 1.54) is 12.3 Å². The van der Waals surface area contributed by atoms with Crippen LogP contribution >= 0.6 is 23.2 Å². The molecule has 0 saturated carbocycles. The lowest BCUT2D eigenvalue weighted by Crippen LogP contribution is -1.90. The number of phenols is 1. The first-order valence-corrected chi connectivity index (χ1v) is 6.60. The van der Waals surface area contributed by atoms with Gasteiger partial charge >= 0.3 is 0 Å². The Hall–Kier alpha value is -1.97. The van der Waals surface area contributed by atoms with Crippen LogP contribution in [-0.4, -0.2) is 10.1 Å². The van der Waals surface area contributed by atoms with Crippen molar-refractivity contribution in [1.82, 2.24) is 4.98 Å². The van der Waals surface area contributed by atoms with Crippen molar-refractivity contribution < 1.29 is 9.84 Å². The molecule has 0 spiro atoms. The molecule has 0 aliphatic heterocycles. The maximum atomic E-state index is 9.99. The Morgan fingerprint density at radius 3 is 2.40 bits per heavy atom. The number of ether oxygens (including phenoxy) is 1. The summed E-state index contributed by atoms with van der Waals surface area (Å²) in [5, 5.41) is 12.6. The van der Waals surface area contributed by atoms with Crippen LogP contribution < -0.4 is 4.74 Å². The highest BCUT2D eigenvalue weighted by molar-refractivity contribution is 6.35. The maximum Gasteiger partial charge on any atom is 0.238 e. The summed E-state index contributed by atoms with van der Waals surface area (Å²) in [6, 6.07) is 12.6. The molecule has 0 bridgehead atoms. The van der Waals surface area contributed by atoms with Crippen molar-refractivity contribution in [2.75, 3.05) is 0 Å². The Kier molecular flexibility index (Phi) is 3.38. The summed E-state index contributed by atoms with van der Waals surface area (Å²) in [5.41, 5.74) is 0. The van der Waals surface area contributed by atoms with Gasteiger partial charge in [0.2, 0.25) is 5.88 Å². The second-order valence-corrected chi connectivity index (χ2v) is 5.05. The fraction of sp³-hybridized carbons (Fsp3) is 0. The van der Waals surface area contributed by atoms with Crippen LogP contribution in [0.4, 0.5) is 0 Å². The quantitative estimate of drug-likeness (QED) is 0.721. The topological polar surface area (TPSA) is 42.4 Å². The maximum absolute atomic E-state index is 9.99. The van der Waals surface area contributed by atoms with Gasteiger partial charge in [-0.1, -0.05) is 47.5 Å². The number of rotatable bonds is 2. The first-order valence-electron chi connectivity index (χ1n) is 5.84. The van der Waals surface area contributed by atoms with Gasteiger partial charge < -0.3 is 9.84 Å². The van der Waals surface area contributed by atoms with Gasteiger partial charge in [-0.3, -0.25) is 0 Å². The lowest BCUT2D eigenvalue weighted by Gasteiger charge is -2.09. The smallest absolute Gasteiger partial charge is 0.238 e. The molecule has 20 heavy (non-hydrogen) atoms. The number of benzene rings is 2. The lowest BCUT2D eigenvalue weighted by atomic mass is 10.1. The largest absolute Gasteiger partial charge is 0.504 e. The van der Waals surface area contributed by atoms with Crippen molar-refractivity contribution in [3.63, 3.8) is 0 Å². The van der Waals surface area contributed by atoms with Crippen molar-refractivity contribution in [3.8, 4) is 17.4 Å². The summed E-state index contributed by atoms with van der Waals surface area (Å²) in [5.74, 6) is 0.513. The third kappa shape index (κ3) is 2.50. The van der Waals surface area contributed by atoms with Gasteiger partial charge in [0, 0.05) is 6.20 Å². The van der Waals surface area contributed by atoms with Gasteiger partial charge in [0.05, 0.1) is 5.02 Å². The Bertz CT molecular complexity index is 790. The van der Waals surface area contributed by atoms with Gasteiger partial charge in [-0.05, 0) is 29.0 Å². The number of halogens is 2. The third-order valence-corrected chi connectivity index (χ3v) is 3.29. The van der Waals surface area contributed by atoms with Crippen LogP contribution in [0.1, 0.15) is 0 Å². The molecule has 100 valence electrons. The fourth-order valence-electron chi connectivity index (χ4n) is 1.87. The first-order chi connectivity index (χ1) is 9.63. The molecule has 0 atom stereocenters. The molecule has 0 aliphatic carbocycles. The van der Waals surface area contributed by atoms with E-state index in [0.717, 1.165) is 10.8 Å².